The number of nitrogens with zero attached hydrogens (tertiary/aromatic N) is 2. The Hall–Kier alpha value is -2.13. The first kappa shape index (κ1) is 14.8. The average Bonchev–Trinajstić information content (AvgIpc) is 2.91. The first-order valence-corrected chi connectivity index (χ1v) is 8.07. The topological polar surface area (TPSA) is 29.9 Å². The van der Waals surface area contributed by atoms with E-state index in [4.69, 9.17) is 4.98 Å². The Balaban J connectivity index is 1.87. The summed E-state index contributed by atoms with van der Waals surface area (Å²) < 4.78 is 2.32. The molecule has 1 aromatic heterocycles. The maximum atomic E-state index is 4.81. The van der Waals surface area contributed by atoms with Crippen molar-refractivity contribution < 1.29 is 0 Å². The van der Waals surface area contributed by atoms with Gasteiger partial charge in [0.15, 0.2) is 0 Å². The van der Waals surface area contributed by atoms with Crippen LogP contribution in [0.1, 0.15) is 31.2 Å². The molecule has 3 rings (SSSR count). The highest BCUT2D eigenvalue weighted by atomic mass is 15.1. The molecule has 0 spiro atoms. The number of fused-ring (bicyclic) bond motifs is 1. The number of aromatic nitrogens is 2. The van der Waals surface area contributed by atoms with Crippen molar-refractivity contribution in [2.75, 3.05) is 6.54 Å². The predicted octanol–water partition coefficient (Wildman–Crippen LogP) is 3.97. The summed E-state index contributed by atoms with van der Waals surface area (Å²) in [4.78, 5) is 4.81. The highest BCUT2D eigenvalue weighted by molar-refractivity contribution is 5.76. The molecule has 0 bridgehead atoms. The van der Waals surface area contributed by atoms with Gasteiger partial charge in [0.2, 0.25) is 0 Å². The minimum absolute atomic E-state index is 0.821. The third-order valence-electron chi connectivity index (χ3n) is 3.91. The van der Waals surface area contributed by atoms with E-state index in [0.29, 0.717) is 0 Å². The monoisotopic (exact) mass is 293 g/mol. The molecule has 3 aromatic rings. The van der Waals surface area contributed by atoms with Crippen molar-refractivity contribution in [3.05, 3.63) is 66.0 Å². The van der Waals surface area contributed by atoms with Gasteiger partial charge in [-0.25, -0.2) is 4.98 Å². The molecule has 2 aromatic carbocycles. The van der Waals surface area contributed by atoms with Gasteiger partial charge in [0.1, 0.15) is 5.82 Å². The Bertz CT molecular complexity index is 716. The van der Waals surface area contributed by atoms with Crippen LogP contribution in [0.15, 0.2) is 54.6 Å². The summed E-state index contributed by atoms with van der Waals surface area (Å²) in [5.74, 6) is 1.11. The van der Waals surface area contributed by atoms with Crippen molar-refractivity contribution in [1.29, 1.82) is 0 Å². The van der Waals surface area contributed by atoms with Gasteiger partial charge in [-0.05, 0) is 30.7 Å². The summed E-state index contributed by atoms with van der Waals surface area (Å²) in [5.41, 5.74) is 3.59. The van der Waals surface area contributed by atoms with Crippen LogP contribution in [0.3, 0.4) is 0 Å². The molecule has 0 atom stereocenters. The lowest BCUT2D eigenvalue weighted by atomic mass is 10.2. The summed E-state index contributed by atoms with van der Waals surface area (Å²) in [6.07, 6.45) is 2.42. The standard InChI is InChI=1S/C19H23N3/c1-2-3-13-20-14-19-21-17-11-7-8-12-18(17)22(19)15-16-9-5-4-6-10-16/h4-12,20H,2-3,13-15H2,1H3. The zero-order valence-corrected chi connectivity index (χ0v) is 13.1. The molecule has 0 aliphatic carbocycles. The van der Waals surface area contributed by atoms with Crippen LogP contribution in [0, 0.1) is 0 Å². The lowest BCUT2D eigenvalue weighted by molar-refractivity contribution is 0.602. The fourth-order valence-corrected chi connectivity index (χ4v) is 2.70. The molecular formula is C19H23N3. The minimum Gasteiger partial charge on any atom is -0.322 e. The van der Waals surface area contributed by atoms with Gasteiger partial charge in [-0.15, -0.1) is 0 Å². The second kappa shape index (κ2) is 7.23. The molecule has 3 nitrogen and oxygen atoms in total. The van der Waals surface area contributed by atoms with Gasteiger partial charge in [-0.1, -0.05) is 55.8 Å². The smallest absolute Gasteiger partial charge is 0.124 e. The van der Waals surface area contributed by atoms with Crippen LogP contribution in [0.2, 0.25) is 0 Å². The van der Waals surface area contributed by atoms with Crippen LogP contribution in [-0.2, 0) is 13.1 Å². The Morgan fingerprint density at radius 3 is 2.59 bits per heavy atom. The van der Waals surface area contributed by atoms with Crippen molar-refractivity contribution in [2.45, 2.75) is 32.9 Å². The van der Waals surface area contributed by atoms with Gasteiger partial charge in [-0.3, -0.25) is 0 Å². The van der Waals surface area contributed by atoms with Crippen LogP contribution in [0.25, 0.3) is 11.0 Å². The molecule has 0 unspecified atom stereocenters. The van der Waals surface area contributed by atoms with Gasteiger partial charge in [0.05, 0.1) is 17.6 Å². The average molecular weight is 293 g/mol. The molecular weight excluding hydrogens is 270 g/mol. The van der Waals surface area contributed by atoms with Crippen molar-refractivity contribution >= 4 is 11.0 Å². The molecule has 0 aliphatic rings. The number of hydrogen-bond acceptors (Lipinski definition) is 2. The number of nitrogens with one attached hydrogen (secondary N) is 1. The Morgan fingerprint density at radius 2 is 1.77 bits per heavy atom. The van der Waals surface area contributed by atoms with E-state index in [0.717, 1.165) is 31.0 Å². The highest BCUT2D eigenvalue weighted by Crippen LogP contribution is 2.18. The summed E-state index contributed by atoms with van der Waals surface area (Å²) >= 11 is 0. The molecule has 0 radical (unpaired) electrons. The lowest BCUT2D eigenvalue weighted by Crippen LogP contribution is -2.18. The van der Waals surface area contributed by atoms with E-state index in [2.05, 4.69) is 71.4 Å². The van der Waals surface area contributed by atoms with Gasteiger partial charge in [0.25, 0.3) is 0 Å². The van der Waals surface area contributed by atoms with Crippen LogP contribution < -0.4 is 5.32 Å². The second-order valence-electron chi connectivity index (χ2n) is 5.62. The number of benzene rings is 2. The zero-order chi connectivity index (χ0) is 15.2. The molecule has 0 saturated heterocycles. The molecule has 22 heavy (non-hydrogen) atoms. The van der Waals surface area contributed by atoms with Crippen molar-refractivity contribution in [1.82, 2.24) is 14.9 Å². The number of para-hydroxylation sites is 2. The fourth-order valence-electron chi connectivity index (χ4n) is 2.70. The van der Waals surface area contributed by atoms with E-state index in [1.54, 1.807) is 0 Å². The quantitative estimate of drug-likeness (QED) is 0.668. The molecule has 1 N–H and O–H groups in total. The number of unbranched alkanes of at least 4 members (excludes halogenated alkanes) is 1. The van der Waals surface area contributed by atoms with Crippen LogP contribution in [0.4, 0.5) is 0 Å². The third-order valence-corrected chi connectivity index (χ3v) is 3.91. The first-order chi connectivity index (χ1) is 10.9. The Kier molecular flexibility index (Phi) is 4.86. The normalized spacial score (nSPS) is 11.1. The summed E-state index contributed by atoms with van der Waals surface area (Å²) in [6, 6.07) is 19.0. The Labute approximate surface area is 132 Å². The van der Waals surface area contributed by atoms with E-state index < -0.39 is 0 Å². The zero-order valence-electron chi connectivity index (χ0n) is 13.1. The van der Waals surface area contributed by atoms with Crippen molar-refractivity contribution in [2.24, 2.45) is 0 Å². The molecule has 0 aliphatic heterocycles. The molecule has 3 heteroatoms. The van der Waals surface area contributed by atoms with Crippen LogP contribution >= 0.6 is 0 Å². The molecule has 0 saturated carbocycles. The van der Waals surface area contributed by atoms with E-state index in [1.165, 1.54) is 23.9 Å². The van der Waals surface area contributed by atoms with E-state index >= 15 is 0 Å². The van der Waals surface area contributed by atoms with Gasteiger partial charge in [0, 0.05) is 6.54 Å². The number of rotatable bonds is 7. The summed E-state index contributed by atoms with van der Waals surface area (Å²) in [5, 5.41) is 3.51. The maximum Gasteiger partial charge on any atom is 0.124 e. The Morgan fingerprint density at radius 1 is 1.00 bits per heavy atom. The lowest BCUT2D eigenvalue weighted by Gasteiger charge is -2.10. The maximum absolute atomic E-state index is 4.81. The summed E-state index contributed by atoms with van der Waals surface area (Å²) in [6.45, 7) is 4.95. The highest BCUT2D eigenvalue weighted by Gasteiger charge is 2.10. The first-order valence-electron chi connectivity index (χ1n) is 8.07. The molecule has 0 fully saturated rings. The van der Waals surface area contributed by atoms with Crippen molar-refractivity contribution in [3.63, 3.8) is 0 Å². The second-order valence-corrected chi connectivity index (χ2v) is 5.62. The van der Waals surface area contributed by atoms with Crippen molar-refractivity contribution in [3.8, 4) is 0 Å². The largest absolute Gasteiger partial charge is 0.322 e. The van der Waals surface area contributed by atoms with Crippen LogP contribution in [-0.4, -0.2) is 16.1 Å². The minimum atomic E-state index is 0.821. The SMILES string of the molecule is CCCCNCc1nc2ccccc2n1Cc1ccccc1. The van der Waals surface area contributed by atoms with E-state index in [1.807, 2.05) is 0 Å². The fraction of sp³-hybridized carbons (Fsp3) is 0.316. The number of hydrogen-bond donors (Lipinski definition) is 1. The number of imidazole rings is 1. The summed E-state index contributed by atoms with van der Waals surface area (Å²) in [7, 11) is 0. The molecule has 0 amide bonds. The van der Waals surface area contributed by atoms with Gasteiger partial charge < -0.3 is 9.88 Å². The van der Waals surface area contributed by atoms with E-state index in [-0.39, 0.29) is 0 Å². The van der Waals surface area contributed by atoms with E-state index in [9.17, 15) is 0 Å². The van der Waals surface area contributed by atoms with Crippen LogP contribution in [0.5, 0.6) is 0 Å². The molecule has 114 valence electrons. The predicted molar refractivity (Wildman–Crippen MR) is 91.9 cm³/mol. The third kappa shape index (κ3) is 3.37. The molecule has 1 heterocycles. The van der Waals surface area contributed by atoms with Gasteiger partial charge in [-0.2, -0.15) is 0 Å². The van der Waals surface area contributed by atoms with Gasteiger partial charge >= 0.3 is 0 Å².